The molecule has 3 heterocycles. The van der Waals surface area contributed by atoms with Crippen LogP contribution in [0, 0.1) is 6.92 Å². The predicted octanol–water partition coefficient (Wildman–Crippen LogP) is 3.32. The third-order valence-electron chi connectivity index (χ3n) is 5.88. The fourth-order valence-electron chi connectivity index (χ4n) is 4.17. The monoisotopic (exact) mass is 420 g/mol. The number of aromatic amines is 1. The summed E-state index contributed by atoms with van der Waals surface area (Å²) in [5.41, 5.74) is 3.23. The number of para-hydroxylation sites is 1. The molecular formula is C24H28N4O3. The smallest absolute Gasteiger partial charge is 0.249 e. The van der Waals surface area contributed by atoms with Gasteiger partial charge in [0.2, 0.25) is 5.79 Å². The summed E-state index contributed by atoms with van der Waals surface area (Å²) in [5.74, 6) is 0.666. The summed E-state index contributed by atoms with van der Waals surface area (Å²) in [6.45, 7) is 7.26. The predicted molar refractivity (Wildman–Crippen MR) is 120 cm³/mol. The van der Waals surface area contributed by atoms with Gasteiger partial charge in [0, 0.05) is 43.8 Å². The first-order chi connectivity index (χ1) is 15.2. The lowest BCUT2D eigenvalue weighted by atomic mass is 10.2. The molecule has 7 heteroatoms. The SMILES string of the molecule is Cc1nc(C2(COc3ccc(N4CCN(c5ccccc5)CC4)cc3)OCCO2)c[nH]1. The average Bonchev–Trinajstić information content (AvgIpc) is 3.49. The number of aromatic nitrogens is 2. The topological polar surface area (TPSA) is 62.9 Å². The van der Waals surface area contributed by atoms with E-state index in [2.05, 4.69) is 62.2 Å². The zero-order valence-electron chi connectivity index (χ0n) is 17.8. The number of nitrogens with zero attached hydrogens (tertiary/aromatic N) is 3. The quantitative estimate of drug-likeness (QED) is 0.660. The van der Waals surface area contributed by atoms with Crippen molar-refractivity contribution in [3.05, 3.63) is 72.3 Å². The molecule has 0 radical (unpaired) electrons. The Morgan fingerprint density at radius 2 is 1.52 bits per heavy atom. The fourth-order valence-corrected chi connectivity index (χ4v) is 4.17. The molecule has 0 atom stereocenters. The number of anilines is 2. The van der Waals surface area contributed by atoms with Crippen LogP contribution in [0.15, 0.2) is 60.8 Å². The van der Waals surface area contributed by atoms with Gasteiger partial charge < -0.3 is 29.0 Å². The maximum absolute atomic E-state index is 6.04. The summed E-state index contributed by atoms with van der Waals surface area (Å²) < 4.78 is 17.8. The molecule has 3 aromatic rings. The van der Waals surface area contributed by atoms with E-state index < -0.39 is 5.79 Å². The molecule has 2 aliphatic rings. The third-order valence-corrected chi connectivity index (χ3v) is 5.88. The number of H-pyrrole nitrogens is 1. The molecule has 1 N–H and O–H groups in total. The summed E-state index contributed by atoms with van der Waals surface area (Å²) in [7, 11) is 0. The van der Waals surface area contributed by atoms with E-state index in [1.807, 2.05) is 25.3 Å². The molecule has 2 aliphatic heterocycles. The van der Waals surface area contributed by atoms with Gasteiger partial charge >= 0.3 is 0 Å². The molecule has 0 bridgehead atoms. The van der Waals surface area contributed by atoms with Crippen LogP contribution in [-0.4, -0.2) is 56.0 Å². The van der Waals surface area contributed by atoms with E-state index in [1.165, 1.54) is 11.4 Å². The Labute approximate surface area is 182 Å². The highest BCUT2D eigenvalue weighted by Gasteiger charge is 2.42. The molecule has 5 rings (SSSR count). The lowest BCUT2D eigenvalue weighted by molar-refractivity contribution is -0.188. The molecule has 162 valence electrons. The largest absolute Gasteiger partial charge is 0.487 e. The van der Waals surface area contributed by atoms with E-state index in [-0.39, 0.29) is 6.61 Å². The van der Waals surface area contributed by atoms with Crippen LogP contribution in [0.1, 0.15) is 11.5 Å². The highest BCUT2D eigenvalue weighted by atomic mass is 16.8. The molecule has 2 aromatic carbocycles. The number of piperazine rings is 1. The van der Waals surface area contributed by atoms with Crippen molar-refractivity contribution in [2.45, 2.75) is 12.7 Å². The van der Waals surface area contributed by atoms with Gasteiger partial charge in [-0.3, -0.25) is 0 Å². The standard InChI is InChI=1S/C24H28N4O3/c1-19-25-17-23(26-19)24(30-15-16-31-24)18-29-22-9-7-21(8-10-22)28-13-11-27(12-14-28)20-5-3-2-4-6-20/h2-10,17H,11-16,18H2,1H3,(H,25,26). The Morgan fingerprint density at radius 1 is 0.903 bits per heavy atom. The van der Waals surface area contributed by atoms with Gasteiger partial charge in [0.1, 0.15) is 23.9 Å². The number of aryl methyl sites for hydroxylation is 1. The molecule has 2 saturated heterocycles. The van der Waals surface area contributed by atoms with E-state index in [9.17, 15) is 0 Å². The Kier molecular flexibility index (Phi) is 5.53. The van der Waals surface area contributed by atoms with E-state index in [4.69, 9.17) is 14.2 Å². The summed E-state index contributed by atoms with van der Waals surface area (Å²) >= 11 is 0. The first kappa shape index (κ1) is 19.9. The number of benzene rings is 2. The molecule has 0 unspecified atom stereocenters. The number of hydrogen-bond acceptors (Lipinski definition) is 6. The number of ether oxygens (including phenoxy) is 3. The van der Waals surface area contributed by atoms with Crippen LogP contribution >= 0.6 is 0 Å². The van der Waals surface area contributed by atoms with E-state index in [0.717, 1.165) is 43.4 Å². The zero-order chi connectivity index (χ0) is 21.1. The van der Waals surface area contributed by atoms with Crippen molar-refractivity contribution < 1.29 is 14.2 Å². The van der Waals surface area contributed by atoms with Crippen molar-refractivity contribution in [3.8, 4) is 5.75 Å². The molecule has 0 aliphatic carbocycles. The minimum Gasteiger partial charge on any atom is -0.487 e. The maximum Gasteiger partial charge on any atom is 0.249 e. The van der Waals surface area contributed by atoms with Crippen LogP contribution in [0.4, 0.5) is 11.4 Å². The molecular weight excluding hydrogens is 392 g/mol. The number of hydrogen-bond donors (Lipinski definition) is 1. The highest BCUT2D eigenvalue weighted by Crippen LogP contribution is 2.32. The van der Waals surface area contributed by atoms with E-state index in [0.29, 0.717) is 13.2 Å². The van der Waals surface area contributed by atoms with Gasteiger partial charge in [-0.05, 0) is 43.3 Å². The Morgan fingerprint density at radius 3 is 2.10 bits per heavy atom. The van der Waals surface area contributed by atoms with Crippen LogP contribution in [0.25, 0.3) is 0 Å². The second kappa shape index (κ2) is 8.61. The maximum atomic E-state index is 6.04. The van der Waals surface area contributed by atoms with Crippen molar-refractivity contribution in [2.24, 2.45) is 0 Å². The Bertz CT molecular complexity index is 976. The van der Waals surface area contributed by atoms with Crippen LogP contribution in [0.5, 0.6) is 5.75 Å². The lowest BCUT2D eigenvalue weighted by Crippen LogP contribution is -2.46. The lowest BCUT2D eigenvalue weighted by Gasteiger charge is -2.37. The minimum absolute atomic E-state index is 0.256. The summed E-state index contributed by atoms with van der Waals surface area (Å²) in [6.07, 6.45) is 1.82. The average molecular weight is 421 g/mol. The second-order valence-electron chi connectivity index (χ2n) is 7.91. The van der Waals surface area contributed by atoms with Gasteiger partial charge in [-0.25, -0.2) is 4.98 Å². The minimum atomic E-state index is -0.947. The molecule has 7 nitrogen and oxygen atoms in total. The fraction of sp³-hybridized carbons (Fsp3) is 0.375. The first-order valence-corrected chi connectivity index (χ1v) is 10.8. The third kappa shape index (κ3) is 4.24. The van der Waals surface area contributed by atoms with Crippen molar-refractivity contribution in [1.29, 1.82) is 0 Å². The highest BCUT2D eigenvalue weighted by molar-refractivity contribution is 5.52. The van der Waals surface area contributed by atoms with Crippen LogP contribution < -0.4 is 14.5 Å². The molecule has 2 fully saturated rings. The van der Waals surface area contributed by atoms with Crippen LogP contribution in [-0.2, 0) is 15.3 Å². The zero-order valence-corrected chi connectivity index (χ0v) is 17.8. The summed E-state index contributed by atoms with van der Waals surface area (Å²) in [4.78, 5) is 12.4. The van der Waals surface area contributed by atoms with Gasteiger partial charge in [0.25, 0.3) is 0 Å². The van der Waals surface area contributed by atoms with Crippen LogP contribution in [0.3, 0.4) is 0 Å². The summed E-state index contributed by atoms with van der Waals surface area (Å²) in [5, 5.41) is 0. The Hall–Kier alpha value is -3.03. The van der Waals surface area contributed by atoms with E-state index in [1.54, 1.807) is 0 Å². The summed E-state index contributed by atoms with van der Waals surface area (Å²) in [6, 6.07) is 18.9. The van der Waals surface area contributed by atoms with Crippen LogP contribution in [0.2, 0.25) is 0 Å². The molecule has 0 saturated carbocycles. The van der Waals surface area contributed by atoms with Crippen molar-refractivity contribution >= 4 is 11.4 Å². The normalized spacial score (nSPS) is 18.4. The van der Waals surface area contributed by atoms with Crippen molar-refractivity contribution in [1.82, 2.24) is 9.97 Å². The van der Waals surface area contributed by atoms with Gasteiger partial charge in [-0.15, -0.1) is 0 Å². The van der Waals surface area contributed by atoms with Crippen molar-refractivity contribution in [2.75, 3.05) is 55.8 Å². The molecule has 0 amide bonds. The number of imidazole rings is 1. The van der Waals surface area contributed by atoms with Gasteiger partial charge in [0.15, 0.2) is 0 Å². The van der Waals surface area contributed by atoms with Gasteiger partial charge in [-0.1, -0.05) is 18.2 Å². The second-order valence-corrected chi connectivity index (χ2v) is 7.91. The van der Waals surface area contributed by atoms with Gasteiger partial charge in [0.05, 0.1) is 13.2 Å². The first-order valence-electron chi connectivity index (χ1n) is 10.8. The van der Waals surface area contributed by atoms with E-state index >= 15 is 0 Å². The van der Waals surface area contributed by atoms with Crippen molar-refractivity contribution in [3.63, 3.8) is 0 Å². The number of rotatable bonds is 6. The molecule has 31 heavy (non-hydrogen) atoms. The number of nitrogens with one attached hydrogen (secondary N) is 1. The van der Waals surface area contributed by atoms with Gasteiger partial charge in [-0.2, -0.15) is 0 Å². The molecule has 1 aromatic heterocycles. The Balaban J connectivity index is 1.19. The molecule has 0 spiro atoms.